The molecule has 1 unspecified atom stereocenters. The van der Waals surface area contributed by atoms with Crippen molar-refractivity contribution in [1.82, 2.24) is 20.3 Å². The minimum atomic E-state index is -0.250. The van der Waals surface area contributed by atoms with Crippen molar-refractivity contribution < 1.29 is 9.36 Å². The third-order valence-electron chi connectivity index (χ3n) is 5.52. The fourth-order valence-electron chi connectivity index (χ4n) is 3.45. The second-order valence-electron chi connectivity index (χ2n) is 7.52. The van der Waals surface area contributed by atoms with E-state index in [2.05, 4.69) is 37.4 Å². The van der Waals surface area contributed by atoms with Crippen molar-refractivity contribution in [1.29, 1.82) is 0 Å². The molecule has 1 aromatic carbocycles. The molecule has 9 heteroatoms. The first-order valence-electron chi connectivity index (χ1n) is 10.4. The lowest BCUT2D eigenvalue weighted by atomic mass is 10.1. The molecule has 1 atom stereocenters. The number of nitrogens with one attached hydrogen (secondary N) is 3. The van der Waals surface area contributed by atoms with E-state index in [4.69, 9.17) is 0 Å². The van der Waals surface area contributed by atoms with Crippen molar-refractivity contribution in [2.45, 2.75) is 32.7 Å². The largest absolute Gasteiger partial charge is 0.362 e. The number of aromatic nitrogens is 4. The van der Waals surface area contributed by atoms with Crippen molar-refractivity contribution in [2.75, 3.05) is 30.9 Å². The quantitative estimate of drug-likeness (QED) is 0.377. The molecule has 1 amide bonds. The molecular weight excluding hydrogens is 394 g/mol. The topological polar surface area (TPSA) is 107 Å². The number of hydrogen-bond acceptors (Lipinski definition) is 6. The number of anilines is 2. The lowest BCUT2D eigenvalue weighted by Gasteiger charge is -2.25. The minimum Gasteiger partial charge on any atom is -0.362 e. The zero-order valence-corrected chi connectivity index (χ0v) is 18.7. The zero-order chi connectivity index (χ0) is 22.5. The summed E-state index contributed by atoms with van der Waals surface area (Å²) in [5, 5.41) is 5.76. The van der Waals surface area contributed by atoms with Crippen LogP contribution in [0.15, 0.2) is 35.3 Å². The van der Waals surface area contributed by atoms with E-state index >= 15 is 0 Å². The number of carbonyl (C=O) groups is 1. The van der Waals surface area contributed by atoms with Crippen LogP contribution in [0, 0.1) is 0 Å². The molecule has 3 rings (SSSR count). The van der Waals surface area contributed by atoms with Gasteiger partial charge in [0, 0.05) is 31.9 Å². The molecular formula is C22H30N7O2+. The van der Waals surface area contributed by atoms with Gasteiger partial charge in [-0.3, -0.25) is 14.6 Å². The number of hydrogen-bond donors (Lipinski definition) is 3. The Morgan fingerprint density at radius 2 is 2.00 bits per heavy atom. The van der Waals surface area contributed by atoms with Crippen molar-refractivity contribution in [2.24, 2.45) is 7.05 Å². The summed E-state index contributed by atoms with van der Waals surface area (Å²) in [4.78, 5) is 38.3. The molecule has 0 aliphatic rings. The molecule has 2 aromatic heterocycles. The summed E-state index contributed by atoms with van der Waals surface area (Å²) < 4.78 is 1.82. The summed E-state index contributed by atoms with van der Waals surface area (Å²) in [7, 11) is 5.50. The monoisotopic (exact) mass is 424 g/mol. The highest BCUT2D eigenvalue weighted by molar-refractivity contribution is 5.94. The van der Waals surface area contributed by atoms with E-state index < -0.39 is 0 Å². The molecule has 3 aromatic rings. The Balaban J connectivity index is 1.84. The number of carbonyl (C=O) groups excluding carboxylic acids is 1. The van der Waals surface area contributed by atoms with Crippen LogP contribution in [0.1, 0.15) is 48.8 Å². The molecule has 0 aliphatic carbocycles. The zero-order valence-electron chi connectivity index (χ0n) is 18.7. The van der Waals surface area contributed by atoms with Crippen LogP contribution in [0.3, 0.4) is 0 Å². The number of aromatic amines is 1. The second kappa shape index (κ2) is 9.55. The number of amides is 1. The SMILES string of the molecule is CCCCNC(=O)c1ccc(N(C)C(C)c2cnc3nc(NC)[nH]c(=O)c3[n+]2C)cc1. The molecule has 0 aliphatic heterocycles. The number of rotatable bonds is 8. The summed E-state index contributed by atoms with van der Waals surface area (Å²) >= 11 is 0. The van der Waals surface area contributed by atoms with Gasteiger partial charge in [0.05, 0.1) is 6.20 Å². The Kier molecular flexibility index (Phi) is 6.84. The third kappa shape index (κ3) is 4.65. The van der Waals surface area contributed by atoms with Crippen LogP contribution < -0.4 is 25.7 Å². The van der Waals surface area contributed by atoms with E-state index in [1.165, 1.54) is 0 Å². The van der Waals surface area contributed by atoms with Crippen LogP contribution in [-0.4, -0.2) is 41.5 Å². The molecule has 9 nitrogen and oxygen atoms in total. The van der Waals surface area contributed by atoms with Gasteiger partial charge in [-0.1, -0.05) is 13.3 Å². The molecule has 164 valence electrons. The van der Waals surface area contributed by atoms with Gasteiger partial charge in [-0.15, -0.1) is 0 Å². The van der Waals surface area contributed by atoms with Gasteiger partial charge in [-0.2, -0.15) is 9.55 Å². The fourth-order valence-corrected chi connectivity index (χ4v) is 3.45. The van der Waals surface area contributed by atoms with E-state index in [0.29, 0.717) is 29.2 Å². The van der Waals surface area contributed by atoms with Crippen LogP contribution in [0.5, 0.6) is 0 Å². The Morgan fingerprint density at radius 3 is 2.65 bits per heavy atom. The van der Waals surface area contributed by atoms with Gasteiger partial charge in [0.1, 0.15) is 13.1 Å². The molecule has 0 fully saturated rings. The molecule has 0 spiro atoms. The molecule has 0 radical (unpaired) electrons. The highest BCUT2D eigenvalue weighted by Crippen LogP contribution is 2.24. The molecule has 0 saturated heterocycles. The number of H-pyrrole nitrogens is 1. The van der Waals surface area contributed by atoms with Crippen LogP contribution in [0.25, 0.3) is 11.2 Å². The Labute approximate surface area is 181 Å². The molecule has 3 N–H and O–H groups in total. The van der Waals surface area contributed by atoms with E-state index in [1.807, 2.05) is 49.9 Å². The number of fused-ring (bicyclic) bond motifs is 1. The van der Waals surface area contributed by atoms with Crippen LogP contribution in [0.4, 0.5) is 11.6 Å². The maximum absolute atomic E-state index is 12.5. The number of aryl methyl sites for hydroxylation is 1. The molecule has 2 heterocycles. The standard InChI is InChI=1S/C22H29N7O2/c1-6-7-12-24-20(30)15-8-10-16(11-9-15)28(4)14(2)17-13-25-19-18(29(17)5)21(31)27-22(23-3)26-19/h8-11,13-14H,6-7,12H2,1-5H3,(H2-,23,24,25,26,27,30,31)/p+1. The second-order valence-corrected chi connectivity index (χ2v) is 7.52. The first-order chi connectivity index (χ1) is 14.9. The summed E-state index contributed by atoms with van der Waals surface area (Å²) in [5.74, 6) is 0.315. The van der Waals surface area contributed by atoms with Crippen molar-refractivity contribution in [3.05, 3.63) is 52.1 Å². The smallest absolute Gasteiger partial charge is 0.326 e. The van der Waals surface area contributed by atoms with Gasteiger partial charge in [-0.25, -0.2) is 4.98 Å². The van der Waals surface area contributed by atoms with E-state index in [1.54, 1.807) is 13.2 Å². The van der Waals surface area contributed by atoms with Crippen LogP contribution >= 0.6 is 0 Å². The number of unbranched alkanes of at least 4 members (excludes halogenated alkanes) is 1. The summed E-state index contributed by atoms with van der Waals surface area (Å²) in [6.45, 7) is 4.82. The Hall–Kier alpha value is -3.49. The first-order valence-corrected chi connectivity index (χ1v) is 10.4. The highest BCUT2D eigenvalue weighted by Gasteiger charge is 2.25. The number of nitrogens with zero attached hydrogens (tertiary/aromatic N) is 4. The fraction of sp³-hybridized carbons (Fsp3) is 0.409. The average molecular weight is 425 g/mol. The van der Waals surface area contributed by atoms with Gasteiger partial charge < -0.3 is 15.5 Å². The van der Waals surface area contributed by atoms with Gasteiger partial charge >= 0.3 is 11.1 Å². The lowest BCUT2D eigenvalue weighted by molar-refractivity contribution is -0.655. The minimum absolute atomic E-state index is 0.0616. The maximum atomic E-state index is 12.5. The molecule has 0 bridgehead atoms. The average Bonchev–Trinajstić information content (AvgIpc) is 2.78. The van der Waals surface area contributed by atoms with Gasteiger partial charge in [0.15, 0.2) is 0 Å². The van der Waals surface area contributed by atoms with Crippen molar-refractivity contribution in [3.63, 3.8) is 0 Å². The van der Waals surface area contributed by atoms with Crippen molar-refractivity contribution >= 4 is 28.7 Å². The van der Waals surface area contributed by atoms with Gasteiger partial charge in [0.25, 0.3) is 5.91 Å². The Bertz CT molecular complexity index is 1130. The lowest BCUT2D eigenvalue weighted by Crippen LogP contribution is -2.43. The van der Waals surface area contributed by atoms with Gasteiger partial charge in [0.2, 0.25) is 17.3 Å². The van der Waals surface area contributed by atoms with Crippen LogP contribution in [-0.2, 0) is 7.05 Å². The summed E-state index contributed by atoms with van der Waals surface area (Å²) in [6.07, 6.45) is 3.75. The van der Waals surface area contributed by atoms with Crippen LogP contribution in [0.2, 0.25) is 0 Å². The summed E-state index contributed by atoms with van der Waals surface area (Å²) in [5.41, 5.74) is 3.00. The van der Waals surface area contributed by atoms with E-state index in [-0.39, 0.29) is 17.5 Å². The molecule has 31 heavy (non-hydrogen) atoms. The van der Waals surface area contributed by atoms with E-state index in [9.17, 15) is 9.59 Å². The maximum Gasteiger partial charge on any atom is 0.326 e. The number of benzene rings is 1. The molecule has 0 saturated carbocycles. The normalized spacial score (nSPS) is 11.9. The third-order valence-corrected chi connectivity index (χ3v) is 5.52. The summed E-state index contributed by atoms with van der Waals surface area (Å²) in [6, 6.07) is 7.42. The van der Waals surface area contributed by atoms with Gasteiger partial charge in [-0.05, 0) is 37.6 Å². The first kappa shape index (κ1) is 22.2. The van der Waals surface area contributed by atoms with E-state index in [0.717, 1.165) is 24.2 Å². The highest BCUT2D eigenvalue weighted by atomic mass is 16.1. The van der Waals surface area contributed by atoms with Crippen molar-refractivity contribution in [3.8, 4) is 0 Å². The predicted molar refractivity (Wildman–Crippen MR) is 121 cm³/mol. The Morgan fingerprint density at radius 1 is 1.29 bits per heavy atom. The predicted octanol–water partition coefficient (Wildman–Crippen LogP) is 1.91.